The van der Waals surface area contributed by atoms with Crippen molar-refractivity contribution in [1.82, 2.24) is 9.97 Å². The van der Waals surface area contributed by atoms with Crippen LogP contribution in [-0.2, 0) is 4.57 Å². The number of H-pyrrole nitrogens is 1. The summed E-state index contributed by atoms with van der Waals surface area (Å²) < 4.78 is 8.88. The maximum Gasteiger partial charge on any atom is 0.466 e. The average molecular weight is 180 g/mol. The van der Waals surface area contributed by atoms with Gasteiger partial charge in [0.2, 0.25) is 0 Å². The van der Waals surface area contributed by atoms with Crippen molar-refractivity contribution in [2.75, 3.05) is 0 Å². The maximum absolute atomic E-state index is 8.88. The lowest BCUT2D eigenvalue weighted by atomic mass is 10.6. The van der Waals surface area contributed by atoms with E-state index in [9.17, 15) is 0 Å². The molecule has 64 valence electrons. The summed E-state index contributed by atoms with van der Waals surface area (Å²) in [6.07, 6.45) is 3.51. The quantitative estimate of drug-likeness (QED) is 0.413. The first kappa shape index (κ1) is 10.3. The Balaban J connectivity index is 0.000000187. The van der Waals surface area contributed by atoms with E-state index in [4.69, 9.17) is 19.2 Å². The molecule has 1 rings (SSSR count). The van der Waals surface area contributed by atoms with Gasteiger partial charge < -0.3 is 19.7 Å². The van der Waals surface area contributed by atoms with E-state index in [1.165, 1.54) is 0 Å². The van der Waals surface area contributed by atoms with Crippen LogP contribution in [0.15, 0.2) is 12.5 Å². The first-order valence-corrected chi connectivity index (χ1v) is 4.20. The molecule has 0 saturated heterocycles. The molecule has 6 nitrogen and oxygen atoms in total. The van der Waals surface area contributed by atoms with Crippen molar-refractivity contribution in [1.29, 1.82) is 0 Å². The van der Waals surface area contributed by atoms with Gasteiger partial charge in [0, 0.05) is 6.20 Å². The summed E-state index contributed by atoms with van der Waals surface area (Å²) >= 11 is 0. The molecule has 0 spiro atoms. The minimum Gasteiger partial charge on any atom is -0.351 e. The molecule has 0 amide bonds. The van der Waals surface area contributed by atoms with Crippen LogP contribution >= 0.6 is 7.82 Å². The Labute approximate surface area is 63.2 Å². The van der Waals surface area contributed by atoms with E-state index in [-0.39, 0.29) is 0 Å². The lowest BCUT2D eigenvalue weighted by molar-refractivity contribution is 0.275. The number of nitrogens with one attached hydrogen (secondary N) is 1. The van der Waals surface area contributed by atoms with Gasteiger partial charge in [-0.2, -0.15) is 0 Å². The molecule has 0 aromatic carbocycles. The topological polar surface area (TPSA) is 106 Å². The molecule has 0 aliphatic carbocycles. The largest absolute Gasteiger partial charge is 0.466 e. The number of nitrogens with zero attached hydrogens (tertiary/aromatic N) is 1. The number of imidazole rings is 1. The maximum atomic E-state index is 8.88. The lowest BCUT2D eigenvalue weighted by Gasteiger charge is -1.82. The fraction of sp³-hybridized carbons (Fsp3) is 0.250. The fourth-order valence-electron chi connectivity index (χ4n) is 0.334. The normalized spacial score (nSPS) is 10.2. The zero-order chi connectivity index (χ0) is 8.91. The lowest BCUT2D eigenvalue weighted by Crippen LogP contribution is -1.66. The zero-order valence-electron chi connectivity index (χ0n) is 5.80. The van der Waals surface area contributed by atoms with Gasteiger partial charge in [0.1, 0.15) is 0 Å². The van der Waals surface area contributed by atoms with Gasteiger partial charge >= 0.3 is 7.82 Å². The third-order valence-corrected chi connectivity index (χ3v) is 0.635. The number of aromatic amines is 1. The summed E-state index contributed by atoms with van der Waals surface area (Å²) in [7, 11) is -4.64. The number of aromatic nitrogens is 2. The summed E-state index contributed by atoms with van der Waals surface area (Å²) in [5.41, 5.74) is 1.04. The highest BCUT2D eigenvalue weighted by atomic mass is 31.2. The molecule has 0 fully saturated rings. The second-order valence-corrected chi connectivity index (χ2v) is 2.75. The van der Waals surface area contributed by atoms with Gasteiger partial charge in [0.15, 0.2) is 0 Å². The highest BCUT2D eigenvalue weighted by Crippen LogP contribution is 2.25. The van der Waals surface area contributed by atoms with Gasteiger partial charge in [0.05, 0.1) is 12.0 Å². The van der Waals surface area contributed by atoms with Crippen molar-refractivity contribution < 1.29 is 19.2 Å². The van der Waals surface area contributed by atoms with E-state index in [0.29, 0.717) is 0 Å². The molecule has 0 unspecified atom stereocenters. The van der Waals surface area contributed by atoms with Gasteiger partial charge in [-0.25, -0.2) is 9.55 Å². The predicted molar refractivity (Wildman–Crippen MR) is 37.6 cm³/mol. The molecule has 7 heteroatoms. The average Bonchev–Trinajstić information content (AvgIpc) is 2.12. The van der Waals surface area contributed by atoms with Crippen LogP contribution in [0, 0.1) is 6.92 Å². The minimum absolute atomic E-state index is 1.04. The summed E-state index contributed by atoms with van der Waals surface area (Å²) in [6, 6.07) is 0. The van der Waals surface area contributed by atoms with Crippen molar-refractivity contribution >= 4 is 7.82 Å². The first-order valence-electron chi connectivity index (χ1n) is 2.63. The summed E-state index contributed by atoms with van der Waals surface area (Å²) in [4.78, 5) is 28.2. The zero-order valence-corrected chi connectivity index (χ0v) is 6.69. The SMILES string of the molecule is Cc1c[nH]cn1.O=P(O)(O)O. The smallest absolute Gasteiger partial charge is 0.351 e. The molecule has 0 atom stereocenters. The van der Waals surface area contributed by atoms with Crippen molar-refractivity contribution in [3.8, 4) is 0 Å². The summed E-state index contributed by atoms with van der Waals surface area (Å²) in [5.74, 6) is 0. The van der Waals surface area contributed by atoms with E-state index in [1.807, 2.05) is 13.1 Å². The van der Waals surface area contributed by atoms with Crippen molar-refractivity contribution in [2.24, 2.45) is 0 Å². The van der Waals surface area contributed by atoms with Crippen molar-refractivity contribution in [2.45, 2.75) is 6.92 Å². The Morgan fingerprint density at radius 2 is 2.00 bits per heavy atom. The molecule has 4 N–H and O–H groups in total. The van der Waals surface area contributed by atoms with Gasteiger partial charge in [-0.05, 0) is 6.92 Å². The Bertz CT molecular complexity index is 220. The van der Waals surface area contributed by atoms with Crippen LogP contribution in [0.2, 0.25) is 0 Å². The molecular formula is C4H9N2O4P. The number of aryl methyl sites for hydroxylation is 1. The van der Waals surface area contributed by atoms with Gasteiger partial charge in [-0.1, -0.05) is 0 Å². The molecule has 0 radical (unpaired) electrons. The van der Waals surface area contributed by atoms with Gasteiger partial charge in [-0.15, -0.1) is 0 Å². The molecule has 1 aromatic heterocycles. The van der Waals surface area contributed by atoms with Crippen LogP contribution in [-0.4, -0.2) is 24.6 Å². The van der Waals surface area contributed by atoms with E-state index in [2.05, 4.69) is 9.97 Å². The molecule has 11 heavy (non-hydrogen) atoms. The number of phosphoric acid groups is 1. The third-order valence-electron chi connectivity index (χ3n) is 0.635. The van der Waals surface area contributed by atoms with Crippen LogP contribution in [0.25, 0.3) is 0 Å². The number of rotatable bonds is 0. The highest BCUT2D eigenvalue weighted by molar-refractivity contribution is 7.45. The number of hydrogen-bond donors (Lipinski definition) is 4. The molecule has 0 bridgehead atoms. The molecule has 0 aliphatic rings. The Hall–Kier alpha value is -0.680. The second kappa shape index (κ2) is 4.25. The van der Waals surface area contributed by atoms with Crippen LogP contribution in [0.1, 0.15) is 5.69 Å². The Kier molecular flexibility index (Phi) is 3.99. The standard InChI is InChI=1S/C4H6N2.H3O4P/c1-4-2-5-3-6-4;1-5(2,3)4/h2-3H,1H3,(H,5,6);(H3,1,2,3,4). The Morgan fingerprint density at radius 3 is 2.09 bits per heavy atom. The van der Waals surface area contributed by atoms with E-state index in [0.717, 1.165) is 5.69 Å². The van der Waals surface area contributed by atoms with Crippen molar-refractivity contribution in [3.05, 3.63) is 18.2 Å². The summed E-state index contributed by atoms with van der Waals surface area (Å²) in [6.45, 7) is 1.94. The van der Waals surface area contributed by atoms with Gasteiger partial charge in [-0.3, -0.25) is 0 Å². The van der Waals surface area contributed by atoms with Gasteiger partial charge in [0.25, 0.3) is 0 Å². The third kappa shape index (κ3) is 12.5. The van der Waals surface area contributed by atoms with Crippen LogP contribution in [0.5, 0.6) is 0 Å². The van der Waals surface area contributed by atoms with Crippen LogP contribution in [0.3, 0.4) is 0 Å². The summed E-state index contributed by atoms with van der Waals surface area (Å²) in [5, 5.41) is 0. The molecular weight excluding hydrogens is 171 g/mol. The molecule has 0 saturated carbocycles. The fourth-order valence-corrected chi connectivity index (χ4v) is 0.334. The van der Waals surface area contributed by atoms with E-state index < -0.39 is 7.82 Å². The van der Waals surface area contributed by atoms with E-state index in [1.54, 1.807) is 6.33 Å². The van der Waals surface area contributed by atoms with Crippen LogP contribution in [0.4, 0.5) is 0 Å². The molecule has 1 aromatic rings. The van der Waals surface area contributed by atoms with Crippen molar-refractivity contribution in [3.63, 3.8) is 0 Å². The van der Waals surface area contributed by atoms with E-state index >= 15 is 0 Å². The highest BCUT2D eigenvalue weighted by Gasteiger charge is 2.00. The first-order chi connectivity index (χ1) is 4.89. The second-order valence-electron chi connectivity index (χ2n) is 1.72. The minimum atomic E-state index is -4.64. The van der Waals surface area contributed by atoms with Crippen LogP contribution < -0.4 is 0 Å². The molecule has 1 heterocycles. The Morgan fingerprint density at radius 1 is 1.55 bits per heavy atom. The molecule has 0 aliphatic heterocycles. The number of hydrogen-bond acceptors (Lipinski definition) is 2. The monoisotopic (exact) mass is 180 g/mol. The predicted octanol–water partition coefficient (Wildman–Crippen LogP) is -0.210.